The maximum atomic E-state index is 12.7. The standard InChI is InChI=1S/C18H21N3O4/c1-3-13-6-4-5-7-16(13)20-18(22)15-12-14(21(23)24)8-9-17(15)19-10-11-25-2/h4-9,12,19H,3,10-11H2,1-2H3,(H,20,22). The van der Waals surface area contributed by atoms with E-state index in [9.17, 15) is 14.9 Å². The van der Waals surface area contributed by atoms with Gasteiger partial charge in [-0.25, -0.2) is 0 Å². The minimum Gasteiger partial charge on any atom is -0.383 e. The van der Waals surface area contributed by atoms with Gasteiger partial charge in [-0.3, -0.25) is 14.9 Å². The van der Waals surface area contributed by atoms with Crippen molar-refractivity contribution >= 4 is 23.0 Å². The lowest BCUT2D eigenvalue weighted by molar-refractivity contribution is -0.384. The average Bonchev–Trinajstić information content (AvgIpc) is 2.62. The van der Waals surface area contributed by atoms with Crippen LogP contribution in [0.15, 0.2) is 42.5 Å². The summed E-state index contributed by atoms with van der Waals surface area (Å²) in [6.45, 7) is 2.94. The maximum absolute atomic E-state index is 12.7. The molecule has 2 N–H and O–H groups in total. The maximum Gasteiger partial charge on any atom is 0.270 e. The number of nitrogens with zero attached hydrogens (tertiary/aromatic N) is 1. The van der Waals surface area contributed by atoms with Crippen LogP contribution in [-0.2, 0) is 11.2 Å². The summed E-state index contributed by atoms with van der Waals surface area (Å²) in [6, 6.07) is 11.7. The molecule has 0 atom stereocenters. The number of amides is 1. The second kappa shape index (κ2) is 8.79. The number of nitrogens with one attached hydrogen (secondary N) is 2. The van der Waals surface area contributed by atoms with Crippen molar-refractivity contribution in [2.75, 3.05) is 30.9 Å². The van der Waals surface area contributed by atoms with Crippen molar-refractivity contribution in [2.45, 2.75) is 13.3 Å². The van der Waals surface area contributed by atoms with Crippen molar-refractivity contribution < 1.29 is 14.5 Å². The zero-order valence-corrected chi connectivity index (χ0v) is 14.2. The first-order chi connectivity index (χ1) is 12.1. The SMILES string of the molecule is CCc1ccccc1NC(=O)c1cc([N+](=O)[O-])ccc1NCCOC. The van der Waals surface area contributed by atoms with Crippen LogP contribution in [0.1, 0.15) is 22.8 Å². The predicted molar refractivity (Wildman–Crippen MR) is 97.2 cm³/mol. The number of nitro benzene ring substituents is 1. The number of hydrogen-bond acceptors (Lipinski definition) is 5. The molecule has 0 aliphatic rings. The monoisotopic (exact) mass is 343 g/mol. The van der Waals surface area contributed by atoms with E-state index in [0.29, 0.717) is 24.5 Å². The Balaban J connectivity index is 2.31. The van der Waals surface area contributed by atoms with Gasteiger partial charge < -0.3 is 15.4 Å². The average molecular weight is 343 g/mol. The fraction of sp³-hybridized carbons (Fsp3) is 0.278. The van der Waals surface area contributed by atoms with Gasteiger partial charge in [0.2, 0.25) is 0 Å². The lowest BCUT2D eigenvalue weighted by Gasteiger charge is -2.13. The van der Waals surface area contributed by atoms with Gasteiger partial charge in [0.1, 0.15) is 0 Å². The molecule has 0 heterocycles. The van der Waals surface area contributed by atoms with Gasteiger partial charge in [-0.1, -0.05) is 25.1 Å². The Bertz CT molecular complexity index is 762. The number of ether oxygens (including phenoxy) is 1. The minimum atomic E-state index is -0.518. The molecule has 0 spiro atoms. The van der Waals surface area contributed by atoms with Crippen LogP contribution in [-0.4, -0.2) is 31.1 Å². The summed E-state index contributed by atoms with van der Waals surface area (Å²) in [5.74, 6) is -0.399. The quantitative estimate of drug-likeness (QED) is 0.435. The molecule has 2 aromatic rings. The van der Waals surface area contributed by atoms with E-state index in [4.69, 9.17) is 4.74 Å². The van der Waals surface area contributed by atoms with Crippen LogP contribution in [0.3, 0.4) is 0 Å². The molecule has 0 saturated carbocycles. The number of benzene rings is 2. The first-order valence-corrected chi connectivity index (χ1v) is 7.97. The van der Waals surface area contributed by atoms with Crippen molar-refractivity contribution in [1.82, 2.24) is 0 Å². The number of nitro groups is 1. The van der Waals surface area contributed by atoms with Crippen LogP contribution < -0.4 is 10.6 Å². The Labute approximate surface area is 146 Å². The fourth-order valence-corrected chi connectivity index (χ4v) is 2.42. The van der Waals surface area contributed by atoms with E-state index in [1.54, 1.807) is 7.11 Å². The predicted octanol–water partition coefficient (Wildman–Crippen LogP) is 3.47. The lowest BCUT2D eigenvalue weighted by Crippen LogP contribution is -2.17. The summed E-state index contributed by atoms with van der Waals surface area (Å²) < 4.78 is 4.98. The van der Waals surface area contributed by atoms with Crippen LogP contribution in [0.25, 0.3) is 0 Å². The van der Waals surface area contributed by atoms with E-state index >= 15 is 0 Å². The molecule has 2 rings (SSSR count). The molecule has 0 saturated heterocycles. The molecular formula is C18H21N3O4. The molecule has 0 bridgehead atoms. The number of non-ortho nitro benzene ring substituents is 1. The van der Waals surface area contributed by atoms with Gasteiger partial charge >= 0.3 is 0 Å². The minimum absolute atomic E-state index is 0.133. The summed E-state index contributed by atoms with van der Waals surface area (Å²) in [6.07, 6.45) is 0.768. The summed E-state index contributed by atoms with van der Waals surface area (Å²) in [7, 11) is 1.58. The zero-order chi connectivity index (χ0) is 18.2. The molecule has 132 valence electrons. The smallest absolute Gasteiger partial charge is 0.270 e. The van der Waals surface area contributed by atoms with E-state index in [1.807, 2.05) is 31.2 Å². The van der Waals surface area contributed by atoms with Gasteiger partial charge in [0.25, 0.3) is 11.6 Å². The van der Waals surface area contributed by atoms with E-state index in [-0.39, 0.29) is 11.3 Å². The molecule has 0 aromatic heterocycles. The molecule has 2 aromatic carbocycles. The third-order valence-electron chi connectivity index (χ3n) is 3.73. The van der Waals surface area contributed by atoms with E-state index < -0.39 is 10.8 Å². The van der Waals surface area contributed by atoms with Crippen LogP contribution in [0, 0.1) is 10.1 Å². The Morgan fingerprint density at radius 1 is 1.20 bits per heavy atom. The Hall–Kier alpha value is -2.93. The Morgan fingerprint density at radius 2 is 1.96 bits per heavy atom. The van der Waals surface area contributed by atoms with Crippen molar-refractivity contribution in [3.8, 4) is 0 Å². The van der Waals surface area contributed by atoms with E-state index in [2.05, 4.69) is 10.6 Å². The molecule has 0 radical (unpaired) electrons. The van der Waals surface area contributed by atoms with Crippen LogP contribution in [0.2, 0.25) is 0 Å². The number of rotatable bonds is 8. The number of carbonyl (C=O) groups excluding carboxylic acids is 1. The van der Waals surface area contributed by atoms with Crippen LogP contribution in [0.5, 0.6) is 0 Å². The van der Waals surface area contributed by atoms with Crippen molar-refractivity contribution in [1.29, 1.82) is 0 Å². The third-order valence-corrected chi connectivity index (χ3v) is 3.73. The fourth-order valence-electron chi connectivity index (χ4n) is 2.42. The second-order valence-corrected chi connectivity index (χ2v) is 5.37. The normalized spacial score (nSPS) is 10.3. The number of hydrogen-bond donors (Lipinski definition) is 2. The summed E-state index contributed by atoms with van der Waals surface area (Å²) in [5, 5.41) is 16.9. The van der Waals surface area contributed by atoms with Crippen LogP contribution >= 0.6 is 0 Å². The van der Waals surface area contributed by atoms with Gasteiger partial charge in [-0.05, 0) is 24.1 Å². The summed E-state index contributed by atoms with van der Waals surface area (Å²) >= 11 is 0. The largest absolute Gasteiger partial charge is 0.383 e. The highest BCUT2D eigenvalue weighted by molar-refractivity contribution is 6.08. The van der Waals surface area contributed by atoms with Gasteiger partial charge in [0.05, 0.1) is 17.1 Å². The zero-order valence-electron chi connectivity index (χ0n) is 14.2. The first kappa shape index (κ1) is 18.4. The molecule has 25 heavy (non-hydrogen) atoms. The first-order valence-electron chi connectivity index (χ1n) is 7.97. The molecule has 0 fully saturated rings. The van der Waals surface area contributed by atoms with Gasteiger partial charge in [0, 0.05) is 37.2 Å². The summed E-state index contributed by atoms with van der Waals surface area (Å²) in [5.41, 5.74) is 2.30. The van der Waals surface area contributed by atoms with E-state index in [0.717, 1.165) is 12.0 Å². The highest BCUT2D eigenvalue weighted by Crippen LogP contribution is 2.24. The molecule has 0 unspecified atom stereocenters. The Kier molecular flexibility index (Phi) is 6.47. The van der Waals surface area contributed by atoms with Crippen LogP contribution in [0.4, 0.5) is 17.1 Å². The second-order valence-electron chi connectivity index (χ2n) is 5.37. The van der Waals surface area contributed by atoms with Crippen molar-refractivity contribution in [2.24, 2.45) is 0 Å². The number of carbonyl (C=O) groups is 1. The molecule has 0 aliphatic heterocycles. The molecule has 7 nitrogen and oxygen atoms in total. The lowest BCUT2D eigenvalue weighted by atomic mass is 10.1. The van der Waals surface area contributed by atoms with Gasteiger partial charge in [-0.15, -0.1) is 0 Å². The summed E-state index contributed by atoms with van der Waals surface area (Å²) in [4.78, 5) is 23.2. The molecule has 1 amide bonds. The molecular weight excluding hydrogens is 322 g/mol. The number of aryl methyl sites for hydroxylation is 1. The number of methoxy groups -OCH3 is 1. The molecule has 0 aliphatic carbocycles. The highest BCUT2D eigenvalue weighted by atomic mass is 16.6. The van der Waals surface area contributed by atoms with Crippen molar-refractivity contribution in [3.05, 3.63) is 63.7 Å². The van der Waals surface area contributed by atoms with E-state index in [1.165, 1.54) is 18.2 Å². The number of para-hydroxylation sites is 1. The topological polar surface area (TPSA) is 93.5 Å². The highest BCUT2D eigenvalue weighted by Gasteiger charge is 2.17. The number of anilines is 2. The molecule has 7 heteroatoms. The Morgan fingerprint density at radius 3 is 2.64 bits per heavy atom. The van der Waals surface area contributed by atoms with Gasteiger partial charge in [-0.2, -0.15) is 0 Å². The third kappa shape index (κ3) is 4.77. The van der Waals surface area contributed by atoms with Crippen molar-refractivity contribution in [3.63, 3.8) is 0 Å². The van der Waals surface area contributed by atoms with Gasteiger partial charge in [0.15, 0.2) is 0 Å².